The lowest BCUT2D eigenvalue weighted by molar-refractivity contribution is -0.0241. The van der Waals surface area contributed by atoms with Crippen molar-refractivity contribution in [2.24, 2.45) is 5.92 Å². The molecule has 4 nitrogen and oxygen atoms in total. The number of rotatable bonds is 8. The summed E-state index contributed by atoms with van der Waals surface area (Å²) in [5.41, 5.74) is 3.34. The van der Waals surface area contributed by atoms with Crippen molar-refractivity contribution in [1.29, 1.82) is 0 Å². The molecule has 1 aromatic heterocycles. The number of piperidine rings is 1. The van der Waals surface area contributed by atoms with E-state index < -0.39 is 0 Å². The predicted molar refractivity (Wildman–Crippen MR) is 117 cm³/mol. The fraction of sp³-hybridized carbons (Fsp3) is 0.640. The average Bonchev–Trinajstić information content (AvgIpc) is 3.40. The number of carbonyl (C=O) groups excluding carboxylic acids is 1. The van der Waals surface area contributed by atoms with Crippen molar-refractivity contribution < 1.29 is 9.53 Å². The van der Waals surface area contributed by atoms with E-state index in [4.69, 9.17) is 4.74 Å². The molecule has 5 rings (SSSR count). The molecule has 4 heteroatoms. The molecule has 3 aliphatic rings. The maximum absolute atomic E-state index is 12.1. The highest BCUT2D eigenvalue weighted by atomic mass is 16.5. The molecule has 0 N–H and O–H groups in total. The predicted octanol–water partition coefficient (Wildman–Crippen LogP) is 4.96. The Morgan fingerprint density at radius 3 is 2.55 bits per heavy atom. The number of hydrogen-bond donors (Lipinski definition) is 0. The summed E-state index contributed by atoms with van der Waals surface area (Å²) in [6, 6.07) is 7.72. The minimum absolute atomic E-state index is 0.158. The number of fused-ring (bicyclic) bond motifs is 3. The molecule has 2 saturated heterocycles. The van der Waals surface area contributed by atoms with E-state index in [-0.39, 0.29) is 5.78 Å². The van der Waals surface area contributed by atoms with Crippen molar-refractivity contribution in [3.63, 3.8) is 0 Å². The lowest BCUT2D eigenvalue weighted by Crippen LogP contribution is -2.46. The van der Waals surface area contributed by atoms with Crippen LogP contribution in [0.2, 0.25) is 0 Å². The first-order chi connectivity index (χ1) is 14.1. The Labute approximate surface area is 174 Å². The van der Waals surface area contributed by atoms with Gasteiger partial charge in [-0.1, -0.05) is 18.2 Å². The largest absolute Gasteiger partial charge is 0.378 e. The zero-order chi connectivity index (χ0) is 20.0. The quantitative estimate of drug-likeness (QED) is 0.593. The molecule has 3 heterocycles. The molecule has 156 valence electrons. The second kappa shape index (κ2) is 7.88. The van der Waals surface area contributed by atoms with Crippen LogP contribution >= 0.6 is 0 Å². The van der Waals surface area contributed by atoms with Gasteiger partial charge in [0, 0.05) is 48.9 Å². The Balaban J connectivity index is 1.21. The van der Waals surface area contributed by atoms with Crippen molar-refractivity contribution in [1.82, 2.24) is 9.47 Å². The number of Topliss-reactive ketones (excluding diaryl/α,β-unsaturated/α-hetero) is 1. The number of carbonyl (C=O) groups is 1. The molecule has 3 atom stereocenters. The fourth-order valence-corrected chi connectivity index (χ4v) is 5.71. The first kappa shape index (κ1) is 19.3. The lowest BCUT2D eigenvalue weighted by atomic mass is 9.99. The Hall–Kier alpha value is -1.65. The topological polar surface area (TPSA) is 34.5 Å². The number of para-hydroxylation sites is 1. The smallest absolute Gasteiger partial charge is 0.161 e. The molecule has 1 aliphatic carbocycles. The molecule has 1 aromatic carbocycles. The third-order valence-electron chi connectivity index (χ3n) is 7.40. The van der Waals surface area contributed by atoms with Crippen LogP contribution in [0, 0.1) is 12.8 Å². The Morgan fingerprint density at radius 1 is 1.10 bits per heavy atom. The molecule has 0 radical (unpaired) electrons. The van der Waals surface area contributed by atoms with E-state index in [2.05, 4.69) is 40.8 Å². The van der Waals surface area contributed by atoms with Crippen LogP contribution in [0.5, 0.6) is 0 Å². The zero-order valence-corrected chi connectivity index (χ0v) is 17.9. The second-order valence-corrected chi connectivity index (χ2v) is 9.61. The van der Waals surface area contributed by atoms with Crippen LogP contribution in [0.15, 0.2) is 24.4 Å². The molecule has 3 fully saturated rings. The van der Waals surface area contributed by atoms with E-state index in [1.807, 2.05) is 0 Å². The Bertz CT molecular complexity index is 884. The van der Waals surface area contributed by atoms with Crippen LogP contribution in [-0.2, 0) is 11.3 Å². The number of aromatic nitrogens is 1. The molecule has 29 heavy (non-hydrogen) atoms. The molecule has 0 amide bonds. The summed E-state index contributed by atoms with van der Waals surface area (Å²) in [7, 11) is 0. The third kappa shape index (κ3) is 3.89. The minimum atomic E-state index is 0.158. The standard InChI is InChI=1S/C25H34N2O2/c1-17-5-3-6-23-24(18(2)28)15-26(25(17)23)11-4-12-27-20-9-10-21(27)14-22(13-20)29-16-19-7-8-19/h3,5-6,15,19-22H,4,7-14,16H2,1-2H3/t20-,21+,22+. The molecule has 2 aromatic rings. The van der Waals surface area contributed by atoms with Crippen LogP contribution in [0.4, 0.5) is 0 Å². The van der Waals surface area contributed by atoms with Crippen molar-refractivity contribution in [2.75, 3.05) is 13.2 Å². The molecular weight excluding hydrogens is 360 g/mol. The van der Waals surface area contributed by atoms with Crippen LogP contribution in [0.1, 0.15) is 67.8 Å². The second-order valence-electron chi connectivity index (χ2n) is 9.61. The number of nitrogens with zero attached hydrogens (tertiary/aromatic N) is 2. The highest BCUT2D eigenvalue weighted by Crippen LogP contribution is 2.38. The lowest BCUT2D eigenvalue weighted by Gasteiger charge is -2.39. The van der Waals surface area contributed by atoms with Gasteiger partial charge in [-0.3, -0.25) is 9.69 Å². The summed E-state index contributed by atoms with van der Waals surface area (Å²) in [6.45, 7) is 6.96. The van der Waals surface area contributed by atoms with Gasteiger partial charge in [-0.05, 0) is 70.3 Å². The van der Waals surface area contributed by atoms with Gasteiger partial charge in [0.05, 0.1) is 11.6 Å². The van der Waals surface area contributed by atoms with E-state index in [1.54, 1.807) is 6.92 Å². The molecule has 0 spiro atoms. The average molecular weight is 395 g/mol. The molecular formula is C25H34N2O2. The van der Waals surface area contributed by atoms with Gasteiger partial charge >= 0.3 is 0 Å². The highest BCUT2D eigenvalue weighted by molar-refractivity contribution is 6.07. The van der Waals surface area contributed by atoms with Gasteiger partial charge < -0.3 is 9.30 Å². The number of ketones is 1. The van der Waals surface area contributed by atoms with Gasteiger partial charge in [-0.25, -0.2) is 0 Å². The van der Waals surface area contributed by atoms with E-state index in [0.29, 0.717) is 18.2 Å². The van der Waals surface area contributed by atoms with Crippen molar-refractivity contribution in [3.05, 3.63) is 35.5 Å². The van der Waals surface area contributed by atoms with E-state index in [9.17, 15) is 4.79 Å². The highest BCUT2D eigenvalue weighted by Gasteiger charge is 2.41. The van der Waals surface area contributed by atoms with Gasteiger partial charge in [-0.15, -0.1) is 0 Å². The van der Waals surface area contributed by atoms with E-state index in [1.165, 1.54) is 49.6 Å². The maximum Gasteiger partial charge on any atom is 0.161 e. The molecule has 1 saturated carbocycles. The summed E-state index contributed by atoms with van der Waals surface area (Å²) >= 11 is 0. The van der Waals surface area contributed by atoms with Crippen LogP contribution < -0.4 is 0 Å². The third-order valence-corrected chi connectivity index (χ3v) is 7.40. The van der Waals surface area contributed by atoms with Gasteiger partial charge in [0.15, 0.2) is 5.78 Å². The van der Waals surface area contributed by atoms with Crippen LogP contribution in [0.25, 0.3) is 10.9 Å². The van der Waals surface area contributed by atoms with Crippen LogP contribution in [-0.4, -0.2) is 46.6 Å². The van der Waals surface area contributed by atoms with Gasteiger partial charge in [0.1, 0.15) is 0 Å². The summed E-state index contributed by atoms with van der Waals surface area (Å²) < 4.78 is 8.55. The summed E-state index contributed by atoms with van der Waals surface area (Å²) in [4.78, 5) is 14.9. The van der Waals surface area contributed by atoms with Gasteiger partial charge in [0.25, 0.3) is 0 Å². The van der Waals surface area contributed by atoms with E-state index in [0.717, 1.165) is 43.0 Å². The summed E-state index contributed by atoms with van der Waals surface area (Å²) in [5.74, 6) is 1.02. The Morgan fingerprint density at radius 2 is 1.86 bits per heavy atom. The van der Waals surface area contributed by atoms with Crippen molar-refractivity contribution >= 4 is 16.7 Å². The number of hydrogen-bond acceptors (Lipinski definition) is 3. The van der Waals surface area contributed by atoms with Gasteiger partial charge in [0.2, 0.25) is 0 Å². The molecule has 0 unspecified atom stereocenters. The minimum Gasteiger partial charge on any atom is -0.378 e. The monoisotopic (exact) mass is 394 g/mol. The fourth-order valence-electron chi connectivity index (χ4n) is 5.71. The van der Waals surface area contributed by atoms with Crippen LogP contribution in [0.3, 0.4) is 0 Å². The number of aryl methyl sites for hydroxylation is 2. The first-order valence-corrected chi connectivity index (χ1v) is 11.6. The molecule has 2 aliphatic heterocycles. The maximum atomic E-state index is 12.1. The molecule has 2 bridgehead atoms. The van der Waals surface area contributed by atoms with Gasteiger partial charge in [-0.2, -0.15) is 0 Å². The Kier molecular flexibility index (Phi) is 5.25. The summed E-state index contributed by atoms with van der Waals surface area (Å²) in [5, 5.41) is 1.10. The zero-order valence-electron chi connectivity index (χ0n) is 17.9. The van der Waals surface area contributed by atoms with Crippen molar-refractivity contribution in [2.45, 2.75) is 83.5 Å². The first-order valence-electron chi connectivity index (χ1n) is 11.6. The number of benzene rings is 1. The van der Waals surface area contributed by atoms with E-state index >= 15 is 0 Å². The summed E-state index contributed by atoms with van der Waals surface area (Å²) in [6.07, 6.45) is 11.6. The SMILES string of the molecule is CC(=O)c1cn(CCCN2[C@@H]3CC[C@H]2C[C@@H](OCC2CC2)C3)c2c(C)cccc12. The number of ether oxygens (including phenoxy) is 1. The normalized spacial score (nSPS) is 27.0. The van der Waals surface area contributed by atoms with Crippen molar-refractivity contribution in [3.8, 4) is 0 Å².